The number of nitrogens with zero attached hydrogens (tertiary/aromatic N) is 1. The molecule has 0 aromatic heterocycles. The van der Waals surface area contributed by atoms with E-state index in [0.29, 0.717) is 31.1 Å². The summed E-state index contributed by atoms with van der Waals surface area (Å²) in [6, 6.07) is 13.7. The molecule has 0 saturated carbocycles. The third-order valence-corrected chi connectivity index (χ3v) is 4.01. The molecule has 0 fully saturated rings. The van der Waals surface area contributed by atoms with E-state index in [1.54, 1.807) is 14.2 Å². The number of hydrogen-bond donors (Lipinski definition) is 0. The summed E-state index contributed by atoms with van der Waals surface area (Å²) in [5, 5.41) is 9.59. The molecule has 0 N–H and O–H groups in total. The van der Waals surface area contributed by atoms with Crippen molar-refractivity contribution < 1.29 is 18.9 Å². The van der Waals surface area contributed by atoms with Crippen molar-refractivity contribution in [3.8, 4) is 29.1 Å². The second-order valence-electron chi connectivity index (χ2n) is 5.48. The van der Waals surface area contributed by atoms with Gasteiger partial charge in [-0.15, -0.1) is 0 Å². The van der Waals surface area contributed by atoms with Crippen LogP contribution in [0.25, 0.3) is 0 Å². The molecule has 0 amide bonds. The van der Waals surface area contributed by atoms with E-state index in [1.807, 2.05) is 36.4 Å². The van der Waals surface area contributed by atoms with Crippen LogP contribution in [0, 0.1) is 11.3 Å². The largest absolute Gasteiger partial charge is 0.493 e. The first kappa shape index (κ1) is 16.0. The maximum atomic E-state index is 9.59. The molecule has 2 aromatic rings. The first-order valence-corrected chi connectivity index (χ1v) is 7.75. The first-order valence-electron chi connectivity index (χ1n) is 7.75. The van der Waals surface area contributed by atoms with Crippen LogP contribution >= 0.6 is 0 Å². The fraction of sp³-hybridized carbons (Fsp3) is 0.316. The quantitative estimate of drug-likeness (QED) is 0.844. The molecule has 1 unspecified atom stereocenters. The van der Waals surface area contributed by atoms with Crippen molar-refractivity contribution in [3.05, 3.63) is 47.5 Å². The molecule has 0 bridgehead atoms. The monoisotopic (exact) mass is 325 g/mol. The summed E-state index contributed by atoms with van der Waals surface area (Å²) >= 11 is 0. The van der Waals surface area contributed by atoms with Gasteiger partial charge in [-0.1, -0.05) is 12.1 Å². The Kier molecular flexibility index (Phi) is 4.76. The number of hydrogen-bond acceptors (Lipinski definition) is 5. The summed E-state index contributed by atoms with van der Waals surface area (Å²) in [4.78, 5) is 0. The minimum atomic E-state index is -0.285. The summed E-state index contributed by atoms with van der Waals surface area (Å²) in [6.07, 6.45) is 0.586. The molecule has 5 nitrogen and oxygen atoms in total. The fourth-order valence-electron chi connectivity index (χ4n) is 2.76. The molecule has 1 atom stereocenters. The topological polar surface area (TPSA) is 60.7 Å². The lowest BCUT2D eigenvalue weighted by atomic mass is 9.92. The zero-order valence-corrected chi connectivity index (χ0v) is 13.7. The summed E-state index contributed by atoms with van der Waals surface area (Å²) in [6.45, 7) is 1.12. The molecule has 0 saturated heterocycles. The van der Waals surface area contributed by atoms with E-state index in [-0.39, 0.29) is 5.92 Å². The minimum Gasteiger partial charge on any atom is -0.493 e. The van der Waals surface area contributed by atoms with Gasteiger partial charge in [0.25, 0.3) is 0 Å². The van der Waals surface area contributed by atoms with E-state index in [2.05, 4.69) is 6.07 Å². The van der Waals surface area contributed by atoms with Gasteiger partial charge in [-0.25, -0.2) is 0 Å². The number of methoxy groups -OCH3 is 2. The molecule has 0 spiro atoms. The molecule has 2 aromatic carbocycles. The average molecular weight is 325 g/mol. The molecular weight excluding hydrogens is 306 g/mol. The highest BCUT2D eigenvalue weighted by Crippen LogP contribution is 2.34. The predicted molar refractivity (Wildman–Crippen MR) is 89.0 cm³/mol. The lowest BCUT2D eigenvalue weighted by Crippen LogP contribution is -2.15. The van der Waals surface area contributed by atoms with Crippen molar-refractivity contribution in [2.75, 3.05) is 27.4 Å². The minimum absolute atomic E-state index is 0.285. The highest BCUT2D eigenvalue weighted by molar-refractivity contribution is 5.47. The number of benzene rings is 2. The van der Waals surface area contributed by atoms with Crippen LogP contribution in [0.4, 0.5) is 0 Å². The van der Waals surface area contributed by atoms with Crippen molar-refractivity contribution in [1.29, 1.82) is 5.26 Å². The van der Waals surface area contributed by atoms with Gasteiger partial charge in [-0.05, 0) is 41.8 Å². The van der Waals surface area contributed by atoms with Gasteiger partial charge in [-0.2, -0.15) is 5.26 Å². The Morgan fingerprint density at radius 2 is 1.75 bits per heavy atom. The van der Waals surface area contributed by atoms with Gasteiger partial charge in [0.05, 0.1) is 26.2 Å². The molecule has 124 valence electrons. The van der Waals surface area contributed by atoms with Crippen LogP contribution in [0.2, 0.25) is 0 Å². The Hall–Kier alpha value is -2.87. The molecule has 1 aliphatic heterocycles. The van der Waals surface area contributed by atoms with E-state index >= 15 is 0 Å². The van der Waals surface area contributed by atoms with Crippen LogP contribution in [0.3, 0.4) is 0 Å². The summed E-state index contributed by atoms with van der Waals surface area (Å²) in [7, 11) is 3.18. The molecule has 0 radical (unpaired) electrons. The smallest absolute Gasteiger partial charge is 0.161 e. The van der Waals surface area contributed by atoms with Crippen LogP contribution in [0.1, 0.15) is 17.0 Å². The van der Waals surface area contributed by atoms with E-state index in [1.165, 1.54) is 0 Å². The molecule has 1 aliphatic rings. The summed E-state index contributed by atoms with van der Waals surface area (Å²) in [5.74, 6) is 2.48. The normalized spacial score (nSPS) is 13.7. The maximum absolute atomic E-state index is 9.59. The molecule has 0 aliphatic carbocycles. The number of fused-ring (bicyclic) bond motifs is 1. The Balaban J connectivity index is 1.83. The van der Waals surface area contributed by atoms with Gasteiger partial charge in [0.1, 0.15) is 13.2 Å². The molecule has 24 heavy (non-hydrogen) atoms. The lowest BCUT2D eigenvalue weighted by molar-refractivity contribution is 0.171. The van der Waals surface area contributed by atoms with Gasteiger partial charge >= 0.3 is 0 Å². The Morgan fingerprint density at radius 3 is 2.46 bits per heavy atom. The Labute approximate surface area is 141 Å². The average Bonchev–Trinajstić information content (AvgIpc) is 2.65. The van der Waals surface area contributed by atoms with E-state index in [4.69, 9.17) is 18.9 Å². The van der Waals surface area contributed by atoms with Crippen molar-refractivity contribution >= 4 is 0 Å². The highest BCUT2D eigenvalue weighted by atomic mass is 16.6. The van der Waals surface area contributed by atoms with Gasteiger partial charge in [0.2, 0.25) is 0 Å². The Morgan fingerprint density at radius 1 is 1.00 bits per heavy atom. The zero-order chi connectivity index (χ0) is 16.9. The van der Waals surface area contributed by atoms with E-state index < -0.39 is 0 Å². The third-order valence-electron chi connectivity index (χ3n) is 4.01. The second kappa shape index (κ2) is 7.14. The van der Waals surface area contributed by atoms with E-state index in [0.717, 1.165) is 22.6 Å². The lowest BCUT2D eigenvalue weighted by Gasteiger charge is -2.19. The van der Waals surface area contributed by atoms with Crippen LogP contribution in [-0.2, 0) is 6.42 Å². The highest BCUT2D eigenvalue weighted by Gasteiger charge is 2.17. The van der Waals surface area contributed by atoms with Gasteiger partial charge < -0.3 is 18.9 Å². The predicted octanol–water partition coefficient (Wildman–Crippen LogP) is 3.32. The van der Waals surface area contributed by atoms with Gasteiger partial charge in [-0.3, -0.25) is 0 Å². The summed E-state index contributed by atoms with van der Waals surface area (Å²) < 4.78 is 21.7. The van der Waals surface area contributed by atoms with Crippen LogP contribution < -0.4 is 18.9 Å². The molecule has 3 rings (SSSR count). The number of nitriles is 1. The Bertz CT molecular complexity index is 766. The van der Waals surface area contributed by atoms with Crippen LogP contribution in [0.15, 0.2) is 36.4 Å². The second-order valence-corrected chi connectivity index (χ2v) is 5.48. The number of rotatable bonds is 5. The molecule has 1 heterocycles. The first-order chi connectivity index (χ1) is 11.7. The molecule has 5 heteroatoms. The van der Waals surface area contributed by atoms with Gasteiger partial charge in [0, 0.05) is 0 Å². The van der Waals surface area contributed by atoms with Crippen LogP contribution in [0.5, 0.6) is 23.0 Å². The van der Waals surface area contributed by atoms with Crippen molar-refractivity contribution in [1.82, 2.24) is 0 Å². The maximum Gasteiger partial charge on any atom is 0.161 e. The molecular formula is C19H19NO4. The fourth-order valence-corrected chi connectivity index (χ4v) is 2.76. The van der Waals surface area contributed by atoms with Crippen LogP contribution in [-0.4, -0.2) is 27.4 Å². The standard InChI is InChI=1S/C19H19NO4/c1-21-16-6-4-14(11-18(16)22-2)15(12-20)9-13-3-5-17-19(10-13)24-8-7-23-17/h3-6,10-11,15H,7-9H2,1-2H3. The van der Waals surface area contributed by atoms with Crippen molar-refractivity contribution in [2.24, 2.45) is 0 Å². The number of ether oxygens (including phenoxy) is 4. The zero-order valence-electron chi connectivity index (χ0n) is 13.7. The van der Waals surface area contributed by atoms with Crippen molar-refractivity contribution in [2.45, 2.75) is 12.3 Å². The van der Waals surface area contributed by atoms with E-state index in [9.17, 15) is 5.26 Å². The summed E-state index contributed by atoms with van der Waals surface area (Å²) in [5.41, 5.74) is 1.92. The SMILES string of the molecule is COc1ccc(C(C#N)Cc2ccc3c(c2)OCCO3)cc1OC. The van der Waals surface area contributed by atoms with Gasteiger partial charge in [0.15, 0.2) is 23.0 Å². The third kappa shape index (κ3) is 3.23. The van der Waals surface area contributed by atoms with Crippen molar-refractivity contribution in [3.63, 3.8) is 0 Å².